The molecule has 0 saturated heterocycles. The van der Waals surface area contributed by atoms with E-state index in [-0.39, 0.29) is 5.91 Å². The summed E-state index contributed by atoms with van der Waals surface area (Å²) in [6.45, 7) is 1.95. The fourth-order valence-electron chi connectivity index (χ4n) is 2.94. The van der Waals surface area contributed by atoms with Gasteiger partial charge in [0.05, 0.1) is 17.0 Å². The lowest BCUT2D eigenvalue weighted by Crippen LogP contribution is -2.22. The van der Waals surface area contributed by atoms with Crippen molar-refractivity contribution in [1.82, 2.24) is 4.90 Å². The van der Waals surface area contributed by atoms with E-state index in [0.717, 1.165) is 22.5 Å². The molecule has 0 N–H and O–H groups in total. The van der Waals surface area contributed by atoms with Crippen molar-refractivity contribution in [1.29, 1.82) is 0 Å². The lowest BCUT2D eigenvalue weighted by Gasteiger charge is -2.12. The van der Waals surface area contributed by atoms with Gasteiger partial charge in [-0.15, -0.1) is 0 Å². The molecule has 1 amide bonds. The average molecular weight is 402 g/mol. The molecule has 0 fully saturated rings. The van der Waals surface area contributed by atoms with Crippen LogP contribution in [0.4, 0.5) is 5.69 Å². The number of hydrazone groups is 1. The maximum Gasteiger partial charge on any atom is 0.282 e. The van der Waals surface area contributed by atoms with Gasteiger partial charge in [-0.1, -0.05) is 47.5 Å². The molecule has 0 aliphatic carbocycles. The highest BCUT2D eigenvalue weighted by atomic mass is 35.5. The number of aryl methyl sites for hydroxylation is 2. The number of hydrogen-bond acceptors (Lipinski definition) is 3. The summed E-state index contributed by atoms with van der Waals surface area (Å²) in [5, 5.41) is 7.34. The zero-order valence-corrected chi connectivity index (χ0v) is 17.1. The number of carbonyl (C=O) groups excluding carboxylic acids is 1. The van der Waals surface area contributed by atoms with Crippen molar-refractivity contribution in [3.8, 4) is 0 Å². The second-order valence-electron chi connectivity index (χ2n) is 6.70. The van der Waals surface area contributed by atoms with Crippen LogP contribution >= 0.6 is 23.2 Å². The lowest BCUT2D eigenvalue weighted by atomic mass is 10.0. The first-order valence-electron chi connectivity index (χ1n) is 8.67. The molecule has 0 aromatic heterocycles. The molecule has 0 atom stereocenters. The Hall–Kier alpha value is -2.30. The van der Waals surface area contributed by atoms with Gasteiger partial charge >= 0.3 is 0 Å². The number of halogens is 2. The topological polar surface area (TPSA) is 35.9 Å². The van der Waals surface area contributed by atoms with Gasteiger partial charge in [-0.3, -0.25) is 4.79 Å². The van der Waals surface area contributed by atoms with Gasteiger partial charge in [0.1, 0.15) is 0 Å². The fourth-order valence-corrected chi connectivity index (χ4v) is 3.41. The van der Waals surface area contributed by atoms with Gasteiger partial charge in [0.15, 0.2) is 0 Å². The van der Waals surface area contributed by atoms with Crippen molar-refractivity contribution >= 4 is 40.5 Å². The van der Waals surface area contributed by atoms with Gasteiger partial charge in [0.2, 0.25) is 0 Å². The van der Waals surface area contributed by atoms with E-state index in [4.69, 9.17) is 23.2 Å². The van der Waals surface area contributed by atoms with Gasteiger partial charge in [0, 0.05) is 30.3 Å². The number of amides is 1. The molecule has 3 rings (SSSR count). The molecule has 2 aromatic carbocycles. The van der Waals surface area contributed by atoms with Crippen LogP contribution in [0.5, 0.6) is 0 Å². The number of nitrogens with zero attached hydrogens (tertiary/aromatic N) is 3. The van der Waals surface area contributed by atoms with Gasteiger partial charge in [-0.05, 0) is 49.1 Å². The maximum atomic E-state index is 12.9. The summed E-state index contributed by atoms with van der Waals surface area (Å²) >= 11 is 12.5. The largest absolute Gasteiger partial charge is 0.383 e. The van der Waals surface area contributed by atoms with E-state index in [1.54, 1.807) is 6.07 Å². The van der Waals surface area contributed by atoms with E-state index < -0.39 is 0 Å². The standard InChI is InChI=1S/C21H21Cl2N3O/c1-14-11-15(19(23)12-18(14)22)9-10-20-17(13-25(2)3)21(27)26(24-20)16-7-5-4-6-8-16/h4-8,11-13H,9-10H2,1-3H3. The second-order valence-corrected chi connectivity index (χ2v) is 7.51. The molecule has 1 aliphatic rings. The molecule has 27 heavy (non-hydrogen) atoms. The first kappa shape index (κ1) is 19.5. The van der Waals surface area contributed by atoms with Crippen LogP contribution in [0.2, 0.25) is 10.0 Å². The van der Waals surface area contributed by atoms with Crippen LogP contribution in [0.3, 0.4) is 0 Å². The third-order valence-electron chi connectivity index (χ3n) is 4.30. The SMILES string of the molecule is Cc1cc(CCC2=NN(c3ccccc3)C(=O)C2=CN(C)C)c(Cl)cc1Cl. The lowest BCUT2D eigenvalue weighted by molar-refractivity contribution is -0.114. The summed E-state index contributed by atoms with van der Waals surface area (Å²) in [6.07, 6.45) is 3.10. The van der Waals surface area contributed by atoms with Crippen LogP contribution in [0.25, 0.3) is 0 Å². The van der Waals surface area contributed by atoms with Crippen LogP contribution in [0, 0.1) is 6.92 Å². The van der Waals surface area contributed by atoms with Crippen LogP contribution in [-0.2, 0) is 11.2 Å². The summed E-state index contributed by atoms with van der Waals surface area (Å²) in [5.74, 6) is -0.122. The number of rotatable bonds is 5. The Kier molecular flexibility index (Phi) is 5.88. The summed E-state index contributed by atoms with van der Waals surface area (Å²) in [4.78, 5) is 14.8. The second kappa shape index (κ2) is 8.15. The molecule has 2 aromatic rings. The molecule has 0 spiro atoms. The molecule has 1 aliphatic heterocycles. The van der Waals surface area contributed by atoms with Gasteiger partial charge < -0.3 is 4.90 Å². The molecule has 0 unspecified atom stereocenters. The molecule has 0 bridgehead atoms. The summed E-state index contributed by atoms with van der Waals surface area (Å²) in [5.41, 5.74) is 4.08. The first-order chi connectivity index (χ1) is 12.9. The number of para-hydroxylation sites is 1. The van der Waals surface area contributed by atoms with Crippen LogP contribution < -0.4 is 5.01 Å². The Balaban J connectivity index is 1.89. The smallest absolute Gasteiger partial charge is 0.282 e. The van der Waals surface area contributed by atoms with Gasteiger partial charge in [-0.2, -0.15) is 10.1 Å². The minimum Gasteiger partial charge on any atom is -0.383 e. The van der Waals surface area contributed by atoms with E-state index in [1.165, 1.54) is 5.01 Å². The molecule has 140 valence electrons. The molecule has 4 nitrogen and oxygen atoms in total. The summed E-state index contributed by atoms with van der Waals surface area (Å²) in [6, 6.07) is 13.2. The van der Waals surface area contributed by atoms with E-state index >= 15 is 0 Å². The van der Waals surface area contributed by atoms with E-state index in [2.05, 4.69) is 5.10 Å². The predicted molar refractivity (Wildman–Crippen MR) is 113 cm³/mol. The Morgan fingerprint density at radius 1 is 1.07 bits per heavy atom. The van der Waals surface area contributed by atoms with Crippen molar-refractivity contribution in [3.05, 3.63) is 75.4 Å². The molecular weight excluding hydrogens is 381 g/mol. The predicted octanol–water partition coefficient (Wildman–Crippen LogP) is 5.08. The third-order valence-corrected chi connectivity index (χ3v) is 5.06. The van der Waals surface area contributed by atoms with Crippen LogP contribution in [0.1, 0.15) is 17.5 Å². The zero-order chi connectivity index (χ0) is 19.6. The van der Waals surface area contributed by atoms with E-state index in [1.807, 2.05) is 68.5 Å². The first-order valence-corrected chi connectivity index (χ1v) is 9.42. The molecule has 0 saturated carbocycles. The highest BCUT2D eigenvalue weighted by molar-refractivity contribution is 6.35. The maximum absolute atomic E-state index is 12.9. The monoisotopic (exact) mass is 401 g/mol. The van der Waals surface area contributed by atoms with Crippen molar-refractivity contribution in [2.45, 2.75) is 19.8 Å². The number of carbonyl (C=O) groups is 1. The number of anilines is 1. The van der Waals surface area contributed by atoms with E-state index in [0.29, 0.717) is 28.5 Å². The van der Waals surface area contributed by atoms with Crippen LogP contribution in [-0.4, -0.2) is 30.6 Å². The number of benzene rings is 2. The average Bonchev–Trinajstić information content (AvgIpc) is 2.93. The highest BCUT2D eigenvalue weighted by Crippen LogP contribution is 2.28. The van der Waals surface area contributed by atoms with E-state index in [9.17, 15) is 4.79 Å². The Labute approximate surface area is 169 Å². The minimum atomic E-state index is -0.122. The van der Waals surface area contributed by atoms with Gasteiger partial charge in [-0.25, -0.2) is 0 Å². The van der Waals surface area contributed by atoms with Crippen LogP contribution in [0.15, 0.2) is 59.3 Å². The summed E-state index contributed by atoms with van der Waals surface area (Å²) in [7, 11) is 3.78. The molecular formula is C21H21Cl2N3O. The fraction of sp³-hybridized carbons (Fsp3) is 0.238. The summed E-state index contributed by atoms with van der Waals surface area (Å²) < 4.78 is 0. The number of hydrogen-bond donors (Lipinski definition) is 0. The third kappa shape index (κ3) is 4.34. The van der Waals surface area contributed by atoms with Crippen molar-refractivity contribution in [3.63, 3.8) is 0 Å². The van der Waals surface area contributed by atoms with Crippen molar-refractivity contribution < 1.29 is 4.79 Å². The Morgan fingerprint density at radius 2 is 1.78 bits per heavy atom. The quantitative estimate of drug-likeness (QED) is 0.654. The van der Waals surface area contributed by atoms with Gasteiger partial charge in [0.25, 0.3) is 5.91 Å². The highest BCUT2D eigenvalue weighted by Gasteiger charge is 2.31. The van der Waals surface area contributed by atoms with Crippen molar-refractivity contribution in [2.75, 3.05) is 19.1 Å². The Morgan fingerprint density at radius 3 is 2.44 bits per heavy atom. The molecule has 6 heteroatoms. The Bertz CT molecular complexity index is 921. The zero-order valence-electron chi connectivity index (χ0n) is 15.5. The molecule has 0 radical (unpaired) electrons. The molecule has 1 heterocycles. The minimum absolute atomic E-state index is 0.122. The van der Waals surface area contributed by atoms with Crippen molar-refractivity contribution in [2.24, 2.45) is 5.10 Å². The normalized spacial score (nSPS) is 15.4.